The van der Waals surface area contributed by atoms with Crippen LogP contribution in [0, 0.1) is 19.3 Å². The van der Waals surface area contributed by atoms with E-state index in [0.29, 0.717) is 0 Å². The third-order valence-corrected chi connectivity index (χ3v) is 2.91. The fourth-order valence-electron chi connectivity index (χ4n) is 1.97. The monoisotopic (exact) mass is 232 g/mol. The molecule has 0 unspecified atom stereocenters. The molecular weight excluding hydrogens is 212 g/mol. The van der Waals surface area contributed by atoms with E-state index in [1.807, 2.05) is 19.9 Å². The van der Waals surface area contributed by atoms with Crippen molar-refractivity contribution in [2.24, 2.45) is 5.41 Å². The van der Waals surface area contributed by atoms with Gasteiger partial charge < -0.3 is 10.2 Å². The van der Waals surface area contributed by atoms with Crippen molar-refractivity contribution >= 4 is 16.8 Å². The van der Waals surface area contributed by atoms with Gasteiger partial charge in [0.05, 0.1) is 0 Å². The molecule has 0 bridgehead atoms. The Morgan fingerprint density at radius 3 is 2.53 bits per heavy atom. The number of benzene rings is 1. The van der Waals surface area contributed by atoms with E-state index >= 15 is 0 Å². The second kappa shape index (κ2) is 3.76. The average molecular weight is 232 g/mol. The third kappa shape index (κ3) is 2.28. The largest absolute Gasteiger partial charge is 0.441 e. The van der Waals surface area contributed by atoms with Gasteiger partial charge in [-0.1, -0.05) is 20.8 Å². The maximum atomic E-state index is 6.00. The molecule has 17 heavy (non-hydrogen) atoms. The van der Waals surface area contributed by atoms with E-state index < -0.39 is 0 Å². The molecule has 92 valence electrons. The van der Waals surface area contributed by atoms with Crippen LogP contribution in [0.2, 0.25) is 0 Å². The van der Waals surface area contributed by atoms with Crippen LogP contribution >= 0.6 is 0 Å². The molecule has 0 fully saturated rings. The Bertz CT molecular complexity index is 562. The first kappa shape index (κ1) is 12.0. The highest BCUT2D eigenvalue weighted by Gasteiger charge is 2.17. The van der Waals surface area contributed by atoms with Crippen molar-refractivity contribution < 1.29 is 4.42 Å². The number of hydrogen-bond acceptors (Lipinski definition) is 3. The summed E-state index contributed by atoms with van der Waals surface area (Å²) in [4.78, 5) is 4.55. The molecule has 1 heterocycles. The first-order valence-electron chi connectivity index (χ1n) is 5.93. The number of aromatic nitrogens is 1. The van der Waals surface area contributed by atoms with Gasteiger partial charge in [-0.3, -0.25) is 0 Å². The van der Waals surface area contributed by atoms with E-state index in [1.165, 1.54) is 0 Å². The standard InChI is InChI=1S/C14H20N2O/c1-8-6-10-13(9(2)12(8)15)16-11(17-10)7-14(3,4)5/h6H,7,15H2,1-5H3. The van der Waals surface area contributed by atoms with Gasteiger partial charge in [-0.05, 0) is 30.9 Å². The lowest BCUT2D eigenvalue weighted by Gasteiger charge is -2.14. The van der Waals surface area contributed by atoms with E-state index in [-0.39, 0.29) is 5.41 Å². The molecule has 0 aliphatic carbocycles. The lowest BCUT2D eigenvalue weighted by atomic mass is 9.92. The number of hydrogen-bond donors (Lipinski definition) is 1. The van der Waals surface area contributed by atoms with E-state index in [1.54, 1.807) is 0 Å². The molecule has 0 radical (unpaired) electrons. The highest BCUT2D eigenvalue weighted by Crippen LogP contribution is 2.29. The zero-order valence-electron chi connectivity index (χ0n) is 11.2. The van der Waals surface area contributed by atoms with Gasteiger partial charge in [0.25, 0.3) is 0 Å². The smallest absolute Gasteiger partial charge is 0.196 e. The minimum atomic E-state index is 0.176. The quantitative estimate of drug-likeness (QED) is 0.764. The normalized spacial score (nSPS) is 12.3. The van der Waals surface area contributed by atoms with Crippen molar-refractivity contribution in [3.05, 3.63) is 23.1 Å². The Labute approximate surface area is 102 Å². The van der Waals surface area contributed by atoms with Crippen LogP contribution < -0.4 is 5.73 Å². The van der Waals surface area contributed by atoms with Gasteiger partial charge >= 0.3 is 0 Å². The predicted molar refractivity (Wildman–Crippen MR) is 71.1 cm³/mol. The van der Waals surface area contributed by atoms with E-state index in [9.17, 15) is 0 Å². The Morgan fingerprint density at radius 1 is 1.29 bits per heavy atom. The van der Waals surface area contributed by atoms with Crippen molar-refractivity contribution in [1.82, 2.24) is 4.98 Å². The summed E-state index contributed by atoms with van der Waals surface area (Å²) in [7, 11) is 0. The molecule has 1 aromatic carbocycles. The molecule has 0 amide bonds. The molecule has 0 aliphatic heterocycles. The number of oxazole rings is 1. The molecule has 2 aromatic rings. The Hall–Kier alpha value is -1.51. The van der Waals surface area contributed by atoms with E-state index in [0.717, 1.165) is 40.2 Å². The topological polar surface area (TPSA) is 52.0 Å². The molecule has 0 saturated carbocycles. The molecule has 0 saturated heterocycles. The number of nitrogens with zero attached hydrogens (tertiary/aromatic N) is 1. The second-order valence-electron chi connectivity index (χ2n) is 5.92. The average Bonchev–Trinajstić information content (AvgIpc) is 2.54. The zero-order chi connectivity index (χ0) is 12.8. The van der Waals surface area contributed by atoms with Crippen LogP contribution in [0.15, 0.2) is 10.5 Å². The summed E-state index contributed by atoms with van der Waals surface area (Å²) in [6, 6.07) is 1.97. The number of anilines is 1. The maximum absolute atomic E-state index is 6.00. The molecule has 3 nitrogen and oxygen atoms in total. The van der Waals surface area contributed by atoms with Crippen molar-refractivity contribution in [2.75, 3.05) is 5.73 Å². The Morgan fingerprint density at radius 2 is 1.94 bits per heavy atom. The number of aryl methyl sites for hydroxylation is 2. The molecular formula is C14H20N2O. The highest BCUT2D eigenvalue weighted by atomic mass is 16.3. The van der Waals surface area contributed by atoms with Gasteiger partial charge in [0.2, 0.25) is 0 Å². The van der Waals surface area contributed by atoms with Crippen LogP contribution in [-0.2, 0) is 6.42 Å². The lowest BCUT2D eigenvalue weighted by molar-refractivity contribution is 0.362. The predicted octanol–water partition coefficient (Wildman–Crippen LogP) is 3.62. The fraction of sp³-hybridized carbons (Fsp3) is 0.500. The first-order chi connectivity index (χ1) is 7.78. The number of rotatable bonds is 1. The minimum absolute atomic E-state index is 0.176. The first-order valence-corrected chi connectivity index (χ1v) is 5.93. The van der Waals surface area contributed by atoms with Crippen molar-refractivity contribution in [2.45, 2.75) is 41.0 Å². The summed E-state index contributed by atoms with van der Waals surface area (Å²) in [6.45, 7) is 10.5. The summed E-state index contributed by atoms with van der Waals surface area (Å²) in [5.41, 5.74) is 10.8. The third-order valence-electron chi connectivity index (χ3n) is 2.91. The Kier molecular flexibility index (Phi) is 2.64. The van der Waals surface area contributed by atoms with Crippen molar-refractivity contribution in [1.29, 1.82) is 0 Å². The lowest BCUT2D eigenvalue weighted by Crippen LogP contribution is -2.09. The van der Waals surface area contributed by atoms with Crippen LogP contribution in [0.25, 0.3) is 11.1 Å². The number of nitrogen functional groups attached to an aromatic ring is 1. The van der Waals surface area contributed by atoms with Crippen LogP contribution in [0.3, 0.4) is 0 Å². The molecule has 2 rings (SSSR count). The summed E-state index contributed by atoms with van der Waals surface area (Å²) >= 11 is 0. The number of fused-ring (bicyclic) bond motifs is 1. The molecule has 1 aromatic heterocycles. The molecule has 0 atom stereocenters. The van der Waals surface area contributed by atoms with Crippen molar-refractivity contribution in [3.63, 3.8) is 0 Å². The summed E-state index contributed by atoms with van der Waals surface area (Å²) in [5, 5.41) is 0. The summed E-state index contributed by atoms with van der Waals surface area (Å²) in [6.07, 6.45) is 0.833. The van der Waals surface area contributed by atoms with Gasteiger partial charge in [-0.2, -0.15) is 0 Å². The van der Waals surface area contributed by atoms with E-state index in [2.05, 4.69) is 25.8 Å². The highest BCUT2D eigenvalue weighted by molar-refractivity contribution is 5.83. The van der Waals surface area contributed by atoms with Gasteiger partial charge in [0.1, 0.15) is 5.52 Å². The SMILES string of the molecule is Cc1cc2oc(CC(C)(C)C)nc2c(C)c1N. The van der Waals surface area contributed by atoms with Gasteiger partial charge in [0, 0.05) is 17.7 Å². The van der Waals surface area contributed by atoms with Crippen LogP contribution in [0.4, 0.5) is 5.69 Å². The van der Waals surface area contributed by atoms with Gasteiger partial charge in [-0.15, -0.1) is 0 Å². The number of nitrogens with two attached hydrogens (primary N) is 1. The summed E-state index contributed by atoms with van der Waals surface area (Å²) in [5.74, 6) is 0.792. The molecule has 0 spiro atoms. The molecule has 0 aliphatic rings. The van der Waals surface area contributed by atoms with Crippen LogP contribution in [0.1, 0.15) is 37.8 Å². The van der Waals surface area contributed by atoms with Crippen LogP contribution in [0.5, 0.6) is 0 Å². The Balaban J connectivity index is 2.55. The van der Waals surface area contributed by atoms with Crippen LogP contribution in [-0.4, -0.2) is 4.98 Å². The maximum Gasteiger partial charge on any atom is 0.196 e. The molecule has 2 N–H and O–H groups in total. The van der Waals surface area contributed by atoms with Crippen molar-refractivity contribution in [3.8, 4) is 0 Å². The van der Waals surface area contributed by atoms with Gasteiger partial charge in [-0.25, -0.2) is 4.98 Å². The van der Waals surface area contributed by atoms with E-state index in [4.69, 9.17) is 10.2 Å². The fourth-order valence-corrected chi connectivity index (χ4v) is 1.97. The molecule has 3 heteroatoms. The second-order valence-corrected chi connectivity index (χ2v) is 5.92. The summed E-state index contributed by atoms with van der Waals surface area (Å²) < 4.78 is 5.79. The minimum Gasteiger partial charge on any atom is -0.441 e. The van der Waals surface area contributed by atoms with Gasteiger partial charge in [0.15, 0.2) is 11.5 Å². The zero-order valence-corrected chi connectivity index (χ0v) is 11.2.